The van der Waals surface area contributed by atoms with Crippen molar-refractivity contribution < 1.29 is 4.79 Å². The van der Waals surface area contributed by atoms with Gasteiger partial charge in [-0.15, -0.1) is 11.8 Å². The lowest BCUT2D eigenvalue weighted by atomic mass is 10.2. The minimum atomic E-state index is 0.0993. The summed E-state index contributed by atoms with van der Waals surface area (Å²) in [5, 5.41) is 6.08. The molecule has 4 heteroatoms. The molecule has 0 aliphatic heterocycles. The Balaban J connectivity index is 2.37. The molecule has 0 bridgehead atoms. The summed E-state index contributed by atoms with van der Waals surface area (Å²) < 4.78 is 0. The molecule has 0 aliphatic rings. The fraction of sp³-hybridized carbons (Fsp3) is 0.533. The molecular formula is C15H24N2OS. The second-order valence-electron chi connectivity index (χ2n) is 4.94. The van der Waals surface area contributed by atoms with Crippen LogP contribution in [0, 0.1) is 5.92 Å². The van der Waals surface area contributed by atoms with Gasteiger partial charge in [-0.1, -0.05) is 26.0 Å². The summed E-state index contributed by atoms with van der Waals surface area (Å²) in [5.74, 6) is 1.59. The molecule has 0 saturated heterocycles. The number of thioether (sulfide) groups is 1. The number of amides is 1. The van der Waals surface area contributed by atoms with E-state index in [1.54, 1.807) is 18.8 Å². The average molecular weight is 280 g/mol. The van der Waals surface area contributed by atoms with Gasteiger partial charge in [0.1, 0.15) is 0 Å². The average Bonchev–Trinajstić information content (AvgIpc) is 2.38. The molecule has 0 saturated carbocycles. The Kier molecular flexibility index (Phi) is 7.60. The van der Waals surface area contributed by atoms with E-state index in [4.69, 9.17) is 0 Å². The maximum absolute atomic E-state index is 11.1. The fourth-order valence-corrected chi connectivity index (χ4v) is 2.57. The van der Waals surface area contributed by atoms with Crippen molar-refractivity contribution in [2.75, 3.05) is 19.3 Å². The fourth-order valence-electron chi connectivity index (χ4n) is 1.64. The Morgan fingerprint density at radius 3 is 2.84 bits per heavy atom. The number of nitrogens with one attached hydrogen (secondary N) is 2. The standard InChI is InChI=1S/C15H24N2OS/c1-12(2)10-17-11-13-5-4-6-14(9-13)19-8-7-15(18)16-3/h4-6,9,12,17H,7-8,10-11H2,1-3H3,(H,16,18). The summed E-state index contributed by atoms with van der Waals surface area (Å²) in [4.78, 5) is 12.4. The summed E-state index contributed by atoms with van der Waals surface area (Å²) in [6.45, 7) is 6.35. The van der Waals surface area contributed by atoms with Crippen LogP contribution in [0.5, 0.6) is 0 Å². The third-order valence-corrected chi connectivity index (χ3v) is 3.65. The quantitative estimate of drug-likeness (QED) is 0.719. The Labute approximate surface area is 120 Å². The van der Waals surface area contributed by atoms with Gasteiger partial charge in [0.2, 0.25) is 5.91 Å². The number of benzene rings is 1. The van der Waals surface area contributed by atoms with Crippen molar-refractivity contribution in [1.82, 2.24) is 10.6 Å². The van der Waals surface area contributed by atoms with E-state index in [-0.39, 0.29) is 5.91 Å². The van der Waals surface area contributed by atoms with Crippen LogP contribution in [0.1, 0.15) is 25.8 Å². The van der Waals surface area contributed by atoms with E-state index in [2.05, 4.69) is 48.7 Å². The Hall–Kier alpha value is -1.00. The molecule has 3 nitrogen and oxygen atoms in total. The van der Waals surface area contributed by atoms with Crippen LogP contribution in [0.25, 0.3) is 0 Å². The predicted molar refractivity (Wildman–Crippen MR) is 82.4 cm³/mol. The van der Waals surface area contributed by atoms with Crippen LogP contribution in [0.15, 0.2) is 29.2 Å². The van der Waals surface area contributed by atoms with Crippen LogP contribution in [0.2, 0.25) is 0 Å². The van der Waals surface area contributed by atoms with Crippen LogP contribution in [-0.4, -0.2) is 25.3 Å². The Bertz CT molecular complexity index is 393. The maximum atomic E-state index is 11.1. The van der Waals surface area contributed by atoms with Gasteiger partial charge in [0.05, 0.1) is 0 Å². The molecule has 0 aromatic heterocycles. The van der Waals surface area contributed by atoms with Gasteiger partial charge in [-0.05, 0) is 30.2 Å². The predicted octanol–water partition coefficient (Wildman–Crippen LogP) is 2.66. The smallest absolute Gasteiger partial charge is 0.220 e. The highest BCUT2D eigenvalue weighted by Crippen LogP contribution is 2.19. The first-order chi connectivity index (χ1) is 9.11. The molecule has 0 spiro atoms. The molecule has 0 heterocycles. The first kappa shape index (κ1) is 16.1. The van der Waals surface area contributed by atoms with E-state index in [0.29, 0.717) is 12.3 Å². The lowest BCUT2D eigenvalue weighted by Gasteiger charge is -2.08. The molecule has 0 aliphatic carbocycles. The van der Waals surface area contributed by atoms with E-state index in [9.17, 15) is 4.79 Å². The first-order valence-corrected chi connectivity index (χ1v) is 7.73. The largest absolute Gasteiger partial charge is 0.359 e. The maximum Gasteiger partial charge on any atom is 0.220 e. The van der Waals surface area contributed by atoms with Crippen molar-refractivity contribution in [2.24, 2.45) is 5.92 Å². The molecule has 0 unspecified atom stereocenters. The SMILES string of the molecule is CNC(=O)CCSc1cccc(CNCC(C)C)c1. The number of carbonyl (C=O) groups is 1. The first-order valence-electron chi connectivity index (χ1n) is 6.75. The van der Waals surface area contributed by atoms with Gasteiger partial charge in [-0.3, -0.25) is 4.79 Å². The van der Waals surface area contributed by atoms with Crippen molar-refractivity contribution in [3.05, 3.63) is 29.8 Å². The van der Waals surface area contributed by atoms with Crippen LogP contribution < -0.4 is 10.6 Å². The molecule has 0 fully saturated rings. The molecule has 1 amide bonds. The van der Waals surface area contributed by atoms with Gasteiger partial charge in [0.15, 0.2) is 0 Å². The normalized spacial score (nSPS) is 10.7. The van der Waals surface area contributed by atoms with Crippen LogP contribution in [0.4, 0.5) is 0 Å². The third-order valence-electron chi connectivity index (χ3n) is 2.66. The molecule has 0 atom stereocenters. The minimum absolute atomic E-state index is 0.0993. The van der Waals surface area contributed by atoms with Gasteiger partial charge >= 0.3 is 0 Å². The lowest BCUT2D eigenvalue weighted by molar-refractivity contribution is -0.120. The summed E-state index contributed by atoms with van der Waals surface area (Å²) >= 11 is 1.73. The molecule has 19 heavy (non-hydrogen) atoms. The highest BCUT2D eigenvalue weighted by Gasteiger charge is 2.01. The number of hydrogen-bond donors (Lipinski definition) is 2. The topological polar surface area (TPSA) is 41.1 Å². The second-order valence-corrected chi connectivity index (χ2v) is 6.11. The van der Waals surface area contributed by atoms with E-state index in [1.165, 1.54) is 10.5 Å². The minimum Gasteiger partial charge on any atom is -0.359 e. The monoisotopic (exact) mass is 280 g/mol. The highest BCUT2D eigenvalue weighted by molar-refractivity contribution is 7.99. The van der Waals surface area contributed by atoms with E-state index < -0.39 is 0 Å². The van der Waals surface area contributed by atoms with Crippen molar-refractivity contribution in [3.63, 3.8) is 0 Å². The van der Waals surface area contributed by atoms with Crippen molar-refractivity contribution in [3.8, 4) is 0 Å². The summed E-state index contributed by atoms with van der Waals surface area (Å²) in [6.07, 6.45) is 0.566. The zero-order chi connectivity index (χ0) is 14.1. The molecule has 0 radical (unpaired) electrons. The highest BCUT2D eigenvalue weighted by atomic mass is 32.2. The number of hydrogen-bond acceptors (Lipinski definition) is 3. The van der Waals surface area contributed by atoms with Gasteiger partial charge in [-0.25, -0.2) is 0 Å². The van der Waals surface area contributed by atoms with Crippen molar-refractivity contribution in [1.29, 1.82) is 0 Å². The van der Waals surface area contributed by atoms with Crippen LogP contribution in [0.3, 0.4) is 0 Å². The third kappa shape index (κ3) is 7.23. The molecule has 1 rings (SSSR count). The van der Waals surface area contributed by atoms with Gasteiger partial charge in [-0.2, -0.15) is 0 Å². The lowest BCUT2D eigenvalue weighted by Crippen LogP contribution is -2.19. The zero-order valence-corrected chi connectivity index (χ0v) is 12.8. The van der Waals surface area contributed by atoms with Crippen molar-refractivity contribution >= 4 is 17.7 Å². The molecule has 106 valence electrons. The van der Waals surface area contributed by atoms with Crippen LogP contribution in [-0.2, 0) is 11.3 Å². The van der Waals surface area contributed by atoms with E-state index in [1.807, 2.05) is 0 Å². The second kappa shape index (κ2) is 8.99. The van der Waals surface area contributed by atoms with Crippen LogP contribution >= 0.6 is 11.8 Å². The molecule has 2 N–H and O–H groups in total. The Morgan fingerprint density at radius 2 is 2.16 bits per heavy atom. The number of rotatable bonds is 8. The summed E-state index contributed by atoms with van der Waals surface area (Å²) in [6, 6.07) is 8.51. The summed E-state index contributed by atoms with van der Waals surface area (Å²) in [7, 11) is 1.67. The molecular weight excluding hydrogens is 256 g/mol. The number of carbonyl (C=O) groups excluding carboxylic acids is 1. The van der Waals surface area contributed by atoms with Gasteiger partial charge < -0.3 is 10.6 Å². The van der Waals surface area contributed by atoms with Crippen molar-refractivity contribution in [2.45, 2.75) is 31.7 Å². The van der Waals surface area contributed by atoms with Gasteiger partial charge in [0, 0.05) is 30.7 Å². The van der Waals surface area contributed by atoms with Gasteiger partial charge in [0.25, 0.3) is 0 Å². The Morgan fingerprint density at radius 1 is 1.37 bits per heavy atom. The summed E-state index contributed by atoms with van der Waals surface area (Å²) in [5.41, 5.74) is 1.30. The zero-order valence-electron chi connectivity index (χ0n) is 12.0. The van der Waals surface area contributed by atoms with E-state index >= 15 is 0 Å². The van der Waals surface area contributed by atoms with E-state index in [0.717, 1.165) is 18.8 Å². The molecule has 1 aromatic rings. The molecule has 1 aromatic carbocycles.